The van der Waals surface area contributed by atoms with Crippen molar-refractivity contribution in [3.05, 3.63) is 64.7 Å². The Morgan fingerprint density at radius 3 is 2.26 bits per heavy atom. The third kappa shape index (κ3) is 3.99. The summed E-state index contributed by atoms with van der Waals surface area (Å²) in [6, 6.07) is 13.4. The Morgan fingerprint density at radius 1 is 1.15 bits per heavy atom. The molecule has 0 radical (unpaired) electrons. The van der Waals surface area contributed by atoms with E-state index < -0.39 is 17.0 Å². The fraction of sp³-hybridized carbons (Fsp3) is 0.409. The van der Waals surface area contributed by atoms with Crippen molar-refractivity contribution in [3.63, 3.8) is 0 Å². The highest BCUT2D eigenvalue weighted by Crippen LogP contribution is 2.51. The van der Waals surface area contributed by atoms with E-state index in [0.717, 1.165) is 40.0 Å². The Bertz CT molecular complexity index is 836. The van der Waals surface area contributed by atoms with E-state index in [-0.39, 0.29) is 11.4 Å². The summed E-state index contributed by atoms with van der Waals surface area (Å²) in [5.41, 5.74) is 3.80. The molecule has 1 saturated carbocycles. The lowest BCUT2D eigenvalue weighted by atomic mass is 9.88. The van der Waals surface area contributed by atoms with Crippen molar-refractivity contribution in [2.45, 2.75) is 56.9 Å². The van der Waals surface area contributed by atoms with E-state index >= 15 is 0 Å². The van der Waals surface area contributed by atoms with Gasteiger partial charge in [0.25, 0.3) is 0 Å². The molecule has 0 saturated heterocycles. The van der Waals surface area contributed by atoms with Gasteiger partial charge in [0.1, 0.15) is 17.0 Å². The smallest absolute Gasteiger partial charge is 0.325 e. The molecule has 0 heterocycles. The van der Waals surface area contributed by atoms with Crippen LogP contribution in [0.2, 0.25) is 0 Å². The van der Waals surface area contributed by atoms with E-state index in [1.165, 1.54) is 0 Å². The number of carbonyl (C=O) groups is 1. The van der Waals surface area contributed by atoms with Gasteiger partial charge in [-0.2, -0.15) is 0 Å². The van der Waals surface area contributed by atoms with Gasteiger partial charge in [0, 0.05) is 5.41 Å². The minimum Gasteiger partial charge on any atom is -0.465 e. The number of aryl methyl sites for hydroxylation is 3. The summed E-state index contributed by atoms with van der Waals surface area (Å²) in [4.78, 5) is 13.5. The van der Waals surface area contributed by atoms with Gasteiger partial charge in [0.2, 0.25) is 0 Å². The molecule has 2 atom stereocenters. The lowest BCUT2D eigenvalue weighted by Gasteiger charge is -2.27. The SMILES string of the molecule is CCOC(=O)[C@@H](N[S@@](=O)c1c(C)cc(C)cc1C)C1(c2ccccc2)CC1. The second-order valence-corrected chi connectivity index (χ2v) is 8.50. The highest BCUT2D eigenvalue weighted by molar-refractivity contribution is 7.83. The fourth-order valence-electron chi connectivity index (χ4n) is 3.89. The molecule has 1 aliphatic rings. The number of nitrogens with one attached hydrogen (secondary N) is 1. The van der Waals surface area contributed by atoms with Gasteiger partial charge in [-0.3, -0.25) is 4.79 Å². The minimum absolute atomic E-state index is 0.303. The first-order chi connectivity index (χ1) is 12.9. The van der Waals surface area contributed by atoms with Crippen molar-refractivity contribution in [1.82, 2.24) is 4.72 Å². The van der Waals surface area contributed by atoms with Gasteiger partial charge in [-0.05, 0) is 57.2 Å². The van der Waals surface area contributed by atoms with Crippen LogP contribution in [-0.4, -0.2) is 22.8 Å². The Kier molecular flexibility index (Phi) is 5.82. The van der Waals surface area contributed by atoms with Crippen molar-refractivity contribution >= 4 is 17.0 Å². The predicted molar refractivity (Wildman–Crippen MR) is 108 cm³/mol. The van der Waals surface area contributed by atoms with E-state index in [1.54, 1.807) is 6.92 Å². The Labute approximate surface area is 163 Å². The number of ether oxygens (including phenoxy) is 1. The molecule has 2 aromatic rings. The van der Waals surface area contributed by atoms with Crippen LogP contribution in [0.25, 0.3) is 0 Å². The van der Waals surface area contributed by atoms with Crippen LogP contribution in [0.3, 0.4) is 0 Å². The quantitative estimate of drug-likeness (QED) is 0.736. The van der Waals surface area contributed by atoms with Gasteiger partial charge < -0.3 is 4.74 Å². The van der Waals surface area contributed by atoms with Gasteiger partial charge in [0.15, 0.2) is 0 Å². The summed E-state index contributed by atoms with van der Waals surface area (Å²) in [7, 11) is -1.50. The van der Waals surface area contributed by atoms with Crippen LogP contribution in [-0.2, 0) is 25.9 Å². The maximum absolute atomic E-state index is 13.2. The summed E-state index contributed by atoms with van der Waals surface area (Å²) in [6.07, 6.45) is 1.74. The van der Waals surface area contributed by atoms with Crippen molar-refractivity contribution < 1.29 is 13.7 Å². The van der Waals surface area contributed by atoms with E-state index in [2.05, 4.69) is 4.72 Å². The maximum atomic E-state index is 13.2. The normalized spacial score (nSPS) is 17.2. The second-order valence-electron chi connectivity index (χ2n) is 7.32. The number of carbonyl (C=O) groups excluding carboxylic acids is 1. The monoisotopic (exact) mass is 385 g/mol. The Morgan fingerprint density at radius 2 is 1.74 bits per heavy atom. The zero-order valence-corrected chi connectivity index (χ0v) is 17.2. The first-order valence-electron chi connectivity index (χ1n) is 9.37. The van der Waals surface area contributed by atoms with Crippen LogP contribution in [0.5, 0.6) is 0 Å². The van der Waals surface area contributed by atoms with Crippen molar-refractivity contribution in [3.8, 4) is 0 Å². The molecule has 2 aromatic carbocycles. The zero-order valence-electron chi connectivity index (χ0n) is 16.4. The summed E-state index contributed by atoms with van der Waals surface area (Å²) in [5, 5.41) is 0. The highest BCUT2D eigenvalue weighted by Gasteiger charge is 2.55. The van der Waals surface area contributed by atoms with E-state index in [0.29, 0.717) is 6.61 Å². The standard InChI is InChI=1S/C22H27NO3S/c1-5-26-21(24)20(22(11-12-22)18-9-7-6-8-10-18)23-27(25)19-16(3)13-15(2)14-17(19)4/h6-10,13-14,20,23H,5,11-12H2,1-4H3/t20-,27+/m1/s1. The number of hydrogen-bond acceptors (Lipinski definition) is 3. The molecule has 144 valence electrons. The summed E-state index contributed by atoms with van der Waals surface area (Å²) in [6.45, 7) is 8.03. The molecule has 0 bridgehead atoms. The van der Waals surface area contributed by atoms with Crippen LogP contribution in [0.15, 0.2) is 47.4 Å². The first-order valence-corrected chi connectivity index (χ1v) is 10.5. The molecule has 5 heteroatoms. The lowest BCUT2D eigenvalue weighted by Crippen LogP contribution is -2.48. The van der Waals surface area contributed by atoms with Crippen molar-refractivity contribution in [2.24, 2.45) is 0 Å². The third-order valence-electron chi connectivity index (χ3n) is 5.23. The molecule has 27 heavy (non-hydrogen) atoms. The van der Waals surface area contributed by atoms with Gasteiger partial charge >= 0.3 is 5.97 Å². The van der Waals surface area contributed by atoms with E-state index in [4.69, 9.17) is 4.74 Å². The van der Waals surface area contributed by atoms with E-state index in [9.17, 15) is 9.00 Å². The molecule has 1 N–H and O–H groups in total. The predicted octanol–water partition coefficient (Wildman–Crippen LogP) is 3.89. The molecular weight excluding hydrogens is 358 g/mol. The van der Waals surface area contributed by atoms with Crippen LogP contribution in [0.4, 0.5) is 0 Å². The molecule has 0 unspecified atom stereocenters. The third-order valence-corrected chi connectivity index (χ3v) is 6.69. The molecule has 0 aromatic heterocycles. The van der Waals surface area contributed by atoms with Crippen LogP contribution >= 0.6 is 0 Å². The molecule has 4 nitrogen and oxygen atoms in total. The summed E-state index contributed by atoms with van der Waals surface area (Å²) < 4.78 is 21.7. The van der Waals surface area contributed by atoms with Crippen LogP contribution in [0, 0.1) is 20.8 Å². The average Bonchev–Trinajstić information content (AvgIpc) is 3.41. The van der Waals surface area contributed by atoms with Crippen molar-refractivity contribution in [2.75, 3.05) is 6.61 Å². The molecule has 3 rings (SSSR count). The van der Waals surface area contributed by atoms with Gasteiger partial charge in [0.05, 0.1) is 11.5 Å². The Hall–Kier alpha value is -1.98. The topological polar surface area (TPSA) is 55.4 Å². The summed E-state index contributed by atoms with van der Waals surface area (Å²) >= 11 is 0. The number of benzene rings is 2. The molecular formula is C22H27NO3S. The molecule has 1 aliphatic carbocycles. The average molecular weight is 386 g/mol. The number of rotatable bonds is 7. The highest BCUT2D eigenvalue weighted by atomic mass is 32.2. The minimum atomic E-state index is -1.50. The fourth-order valence-corrected chi connectivity index (χ4v) is 5.24. The summed E-state index contributed by atoms with van der Waals surface area (Å²) in [5.74, 6) is -0.338. The first kappa shape index (κ1) is 19.8. The maximum Gasteiger partial charge on any atom is 0.325 e. The second kappa shape index (κ2) is 7.95. The molecule has 0 aliphatic heterocycles. The lowest BCUT2D eigenvalue weighted by molar-refractivity contribution is -0.146. The molecule has 0 amide bonds. The number of hydrogen-bond donors (Lipinski definition) is 1. The van der Waals surface area contributed by atoms with Gasteiger partial charge in [-0.25, -0.2) is 8.93 Å². The van der Waals surface area contributed by atoms with Crippen molar-refractivity contribution in [1.29, 1.82) is 0 Å². The van der Waals surface area contributed by atoms with Gasteiger partial charge in [-0.1, -0.05) is 48.0 Å². The van der Waals surface area contributed by atoms with E-state index in [1.807, 2.05) is 63.2 Å². The van der Waals surface area contributed by atoms with Crippen LogP contribution in [0.1, 0.15) is 42.0 Å². The van der Waals surface area contributed by atoms with Gasteiger partial charge in [-0.15, -0.1) is 0 Å². The molecule has 1 fully saturated rings. The molecule has 0 spiro atoms. The Balaban J connectivity index is 1.94. The largest absolute Gasteiger partial charge is 0.465 e. The van der Waals surface area contributed by atoms with Crippen LogP contribution < -0.4 is 4.72 Å². The zero-order chi connectivity index (χ0) is 19.6. The number of esters is 1.